The Kier molecular flexibility index (Phi) is 5.52. The van der Waals surface area contributed by atoms with Crippen molar-refractivity contribution in [1.29, 1.82) is 0 Å². The van der Waals surface area contributed by atoms with Crippen LogP contribution in [0.5, 0.6) is 0 Å². The molecule has 4 nitrogen and oxygen atoms in total. The maximum Gasteiger partial charge on any atom is 0.216 e. The van der Waals surface area contributed by atoms with E-state index in [-0.39, 0.29) is 12.3 Å². The van der Waals surface area contributed by atoms with E-state index in [1.165, 1.54) is 0 Å². The van der Waals surface area contributed by atoms with Crippen molar-refractivity contribution in [3.8, 4) is 0 Å². The van der Waals surface area contributed by atoms with Gasteiger partial charge >= 0.3 is 0 Å². The second-order valence-electron chi connectivity index (χ2n) is 4.73. The molecule has 0 aliphatic carbocycles. The van der Waals surface area contributed by atoms with Gasteiger partial charge in [0.25, 0.3) is 0 Å². The van der Waals surface area contributed by atoms with Crippen LogP contribution in [-0.2, 0) is 28.9 Å². The van der Waals surface area contributed by atoms with E-state index in [0.717, 1.165) is 21.2 Å². The van der Waals surface area contributed by atoms with Gasteiger partial charge in [-0.05, 0) is 28.8 Å². The molecule has 6 heteroatoms. The first-order valence-corrected chi connectivity index (χ1v) is 8.93. The summed E-state index contributed by atoms with van der Waals surface area (Å²) in [6, 6.07) is 14.8. The molecule has 0 fully saturated rings. The van der Waals surface area contributed by atoms with Crippen LogP contribution in [0.25, 0.3) is 0 Å². The van der Waals surface area contributed by atoms with Crippen molar-refractivity contribution in [3.63, 3.8) is 0 Å². The molecule has 0 amide bonds. The first-order chi connectivity index (χ1) is 9.98. The molecule has 0 saturated heterocycles. The Balaban J connectivity index is 1.96. The van der Waals surface area contributed by atoms with Gasteiger partial charge in [0.2, 0.25) is 10.0 Å². The zero-order valence-corrected chi connectivity index (χ0v) is 13.8. The molecular weight excluding hydrogens is 352 g/mol. The first kappa shape index (κ1) is 16.2. The van der Waals surface area contributed by atoms with Crippen LogP contribution in [0.2, 0.25) is 0 Å². The number of nitrogens with one attached hydrogen (secondary N) is 1. The molecule has 0 aromatic heterocycles. The molecule has 2 rings (SSSR count). The summed E-state index contributed by atoms with van der Waals surface area (Å²) < 4.78 is 27.7. The van der Waals surface area contributed by atoms with Gasteiger partial charge in [-0.15, -0.1) is 0 Å². The summed E-state index contributed by atoms with van der Waals surface area (Å²) in [5.41, 5.74) is 8.16. The lowest BCUT2D eigenvalue weighted by molar-refractivity contribution is 0.580. The average molecular weight is 369 g/mol. The van der Waals surface area contributed by atoms with E-state index in [1.54, 1.807) is 12.1 Å². The first-order valence-electron chi connectivity index (χ1n) is 6.48. The minimum atomic E-state index is -3.36. The Hall–Kier alpha value is -1.21. The average Bonchev–Trinajstić information content (AvgIpc) is 2.47. The van der Waals surface area contributed by atoms with Gasteiger partial charge in [0.05, 0.1) is 5.75 Å². The number of nitrogens with two attached hydrogens (primary N) is 1. The zero-order valence-electron chi connectivity index (χ0n) is 11.4. The van der Waals surface area contributed by atoms with Gasteiger partial charge in [0.1, 0.15) is 0 Å². The molecule has 0 saturated carbocycles. The third kappa shape index (κ3) is 5.24. The third-order valence-corrected chi connectivity index (χ3v) is 4.85. The number of hydrogen-bond donors (Lipinski definition) is 2. The van der Waals surface area contributed by atoms with E-state index in [0.29, 0.717) is 6.54 Å². The van der Waals surface area contributed by atoms with E-state index in [2.05, 4.69) is 20.7 Å². The fraction of sp³-hybridized carbons (Fsp3) is 0.200. The van der Waals surface area contributed by atoms with Crippen LogP contribution in [0.3, 0.4) is 0 Å². The Morgan fingerprint density at radius 1 is 0.905 bits per heavy atom. The molecule has 0 unspecified atom stereocenters. The van der Waals surface area contributed by atoms with Crippen molar-refractivity contribution in [2.75, 3.05) is 0 Å². The number of hydrogen-bond acceptors (Lipinski definition) is 3. The Labute approximate surface area is 133 Å². The van der Waals surface area contributed by atoms with E-state index < -0.39 is 10.0 Å². The summed E-state index contributed by atoms with van der Waals surface area (Å²) in [7, 11) is -3.36. The summed E-state index contributed by atoms with van der Waals surface area (Å²) in [5, 5.41) is 0. The standard InChI is InChI=1S/C15H17BrN2O2S/c16-15-7-5-13(6-8-15)10-18-21(19,20)11-14-3-1-12(9-17)2-4-14/h1-8,18H,9-11,17H2. The van der Waals surface area contributed by atoms with Crippen molar-refractivity contribution in [1.82, 2.24) is 4.72 Å². The fourth-order valence-corrected chi connectivity index (χ4v) is 3.22. The van der Waals surface area contributed by atoms with Crippen molar-refractivity contribution >= 4 is 26.0 Å². The summed E-state index contributed by atoms with van der Waals surface area (Å²) in [6.07, 6.45) is 0. The van der Waals surface area contributed by atoms with Crippen LogP contribution in [0.15, 0.2) is 53.0 Å². The van der Waals surface area contributed by atoms with E-state index in [4.69, 9.17) is 5.73 Å². The molecule has 2 aromatic carbocycles. The minimum absolute atomic E-state index is 0.0334. The maximum absolute atomic E-state index is 12.0. The largest absolute Gasteiger partial charge is 0.326 e. The Morgan fingerprint density at radius 2 is 1.43 bits per heavy atom. The van der Waals surface area contributed by atoms with Gasteiger partial charge < -0.3 is 5.73 Å². The van der Waals surface area contributed by atoms with E-state index >= 15 is 0 Å². The highest BCUT2D eigenvalue weighted by Crippen LogP contribution is 2.11. The highest BCUT2D eigenvalue weighted by atomic mass is 79.9. The van der Waals surface area contributed by atoms with Crippen LogP contribution in [0.1, 0.15) is 16.7 Å². The second kappa shape index (κ2) is 7.17. The zero-order chi connectivity index (χ0) is 15.3. The topological polar surface area (TPSA) is 72.2 Å². The van der Waals surface area contributed by atoms with Crippen molar-refractivity contribution in [2.24, 2.45) is 5.73 Å². The Morgan fingerprint density at radius 3 is 2.00 bits per heavy atom. The highest BCUT2D eigenvalue weighted by molar-refractivity contribution is 9.10. The van der Waals surface area contributed by atoms with Gasteiger partial charge in [0.15, 0.2) is 0 Å². The fourth-order valence-electron chi connectivity index (χ4n) is 1.84. The summed E-state index contributed by atoms with van der Waals surface area (Å²) in [5.74, 6) is -0.0334. The normalized spacial score (nSPS) is 11.5. The summed E-state index contributed by atoms with van der Waals surface area (Å²) in [4.78, 5) is 0. The lowest BCUT2D eigenvalue weighted by atomic mass is 10.1. The van der Waals surface area contributed by atoms with Gasteiger partial charge in [-0.1, -0.05) is 52.3 Å². The van der Waals surface area contributed by atoms with Crippen molar-refractivity contribution in [2.45, 2.75) is 18.8 Å². The van der Waals surface area contributed by atoms with Crippen LogP contribution in [-0.4, -0.2) is 8.42 Å². The Bertz CT molecular complexity index is 683. The predicted molar refractivity (Wildman–Crippen MR) is 87.9 cm³/mol. The van der Waals surface area contributed by atoms with Crippen molar-refractivity contribution in [3.05, 3.63) is 69.7 Å². The van der Waals surface area contributed by atoms with Gasteiger partial charge in [-0.25, -0.2) is 13.1 Å². The van der Waals surface area contributed by atoms with Gasteiger partial charge in [-0.2, -0.15) is 0 Å². The van der Waals surface area contributed by atoms with E-state index in [1.807, 2.05) is 36.4 Å². The third-order valence-electron chi connectivity index (χ3n) is 3.02. The molecule has 0 aliphatic heterocycles. The molecule has 0 atom stereocenters. The van der Waals surface area contributed by atoms with Crippen LogP contribution < -0.4 is 10.5 Å². The quantitative estimate of drug-likeness (QED) is 0.822. The van der Waals surface area contributed by atoms with Crippen molar-refractivity contribution < 1.29 is 8.42 Å². The summed E-state index contributed by atoms with van der Waals surface area (Å²) >= 11 is 3.34. The number of sulfonamides is 1. The van der Waals surface area contributed by atoms with Crippen LogP contribution in [0, 0.1) is 0 Å². The van der Waals surface area contributed by atoms with Crippen LogP contribution >= 0.6 is 15.9 Å². The molecular formula is C15H17BrN2O2S. The molecule has 3 N–H and O–H groups in total. The lowest BCUT2D eigenvalue weighted by Crippen LogP contribution is -2.24. The molecule has 0 heterocycles. The van der Waals surface area contributed by atoms with Crippen LogP contribution in [0.4, 0.5) is 0 Å². The molecule has 21 heavy (non-hydrogen) atoms. The number of halogens is 1. The molecule has 2 aromatic rings. The van der Waals surface area contributed by atoms with Gasteiger partial charge in [-0.3, -0.25) is 0 Å². The highest BCUT2D eigenvalue weighted by Gasteiger charge is 2.11. The summed E-state index contributed by atoms with van der Waals surface area (Å²) in [6.45, 7) is 0.741. The second-order valence-corrected chi connectivity index (χ2v) is 7.45. The van der Waals surface area contributed by atoms with Gasteiger partial charge in [0, 0.05) is 17.6 Å². The molecule has 0 radical (unpaired) electrons. The predicted octanol–water partition coefficient (Wildman–Crippen LogP) is 2.53. The minimum Gasteiger partial charge on any atom is -0.326 e. The van der Waals surface area contributed by atoms with E-state index in [9.17, 15) is 8.42 Å². The number of benzene rings is 2. The number of rotatable bonds is 6. The molecule has 0 aliphatic rings. The molecule has 0 bridgehead atoms. The molecule has 0 spiro atoms. The smallest absolute Gasteiger partial charge is 0.216 e. The maximum atomic E-state index is 12.0. The lowest BCUT2D eigenvalue weighted by Gasteiger charge is -2.07. The monoisotopic (exact) mass is 368 g/mol. The molecule has 112 valence electrons. The SMILES string of the molecule is NCc1ccc(CS(=O)(=O)NCc2ccc(Br)cc2)cc1.